The first-order valence-corrected chi connectivity index (χ1v) is 7.83. The molecule has 0 bridgehead atoms. The first kappa shape index (κ1) is 16.5. The van der Waals surface area contributed by atoms with E-state index in [1.54, 1.807) is 0 Å². The van der Waals surface area contributed by atoms with Crippen LogP contribution < -0.4 is 10.1 Å². The van der Waals surface area contributed by atoms with Crippen LogP contribution in [0.25, 0.3) is 0 Å². The van der Waals surface area contributed by atoms with Crippen molar-refractivity contribution in [2.75, 3.05) is 6.61 Å². The van der Waals surface area contributed by atoms with Crippen molar-refractivity contribution < 1.29 is 9.84 Å². The average Bonchev–Trinajstić information content (AvgIpc) is 2.55. The Hall–Kier alpha value is -1.84. The zero-order valence-corrected chi connectivity index (χ0v) is 13.4. The number of rotatable bonds is 8. The van der Waals surface area contributed by atoms with Crippen LogP contribution in [0.2, 0.25) is 0 Å². The van der Waals surface area contributed by atoms with Gasteiger partial charge in [-0.1, -0.05) is 55.0 Å². The van der Waals surface area contributed by atoms with Crippen molar-refractivity contribution in [2.24, 2.45) is 0 Å². The van der Waals surface area contributed by atoms with Crippen LogP contribution >= 0.6 is 0 Å². The molecular formula is C19H25NO2. The van der Waals surface area contributed by atoms with Crippen molar-refractivity contribution in [3.63, 3.8) is 0 Å². The second kappa shape index (κ2) is 8.57. The Morgan fingerprint density at radius 2 is 1.95 bits per heavy atom. The summed E-state index contributed by atoms with van der Waals surface area (Å²) in [5, 5.41) is 12.6. The van der Waals surface area contributed by atoms with Gasteiger partial charge in [0.2, 0.25) is 0 Å². The maximum absolute atomic E-state index is 9.26. The molecule has 0 radical (unpaired) electrons. The fourth-order valence-corrected chi connectivity index (χ4v) is 2.35. The van der Waals surface area contributed by atoms with Crippen LogP contribution in [-0.4, -0.2) is 17.8 Å². The van der Waals surface area contributed by atoms with Crippen molar-refractivity contribution in [3.8, 4) is 5.75 Å². The highest BCUT2D eigenvalue weighted by atomic mass is 16.5. The summed E-state index contributed by atoms with van der Waals surface area (Å²) >= 11 is 0. The number of ether oxygens (including phenoxy) is 1. The summed E-state index contributed by atoms with van der Waals surface area (Å²) in [6, 6.07) is 16.5. The van der Waals surface area contributed by atoms with E-state index in [9.17, 15) is 5.11 Å². The van der Waals surface area contributed by atoms with E-state index in [1.165, 1.54) is 11.1 Å². The lowest BCUT2D eigenvalue weighted by Crippen LogP contribution is -2.31. The topological polar surface area (TPSA) is 41.5 Å². The number of aliphatic hydroxyl groups excluding tert-OH is 1. The predicted molar refractivity (Wildman–Crippen MR) is 90.0 cm³/mol. The Bertz CT molecular complexity index is 579. The van der Waals surface area contributed by atoms with Crippen LogP contribution in [-0.2, 0) is 13.2 Å². The molecule has 0 aromatic heterocycles. The molecule has 1 atom stereocenters. The smallest absolute Gasteiger partial charge is 0.124 e. The van der Waals surface area contributed by atoms with Gasteiger partial charge in [-0.3, -0.25) is 0 Å². The summed E-state index contributed by atoms with van der Waals surface area (Å²) in [5.74, 6) is 0.893. The molecular weight excluding hydrogens is 274 g/mol. The summed E-state index contributed by atoms with van der Waals surface area (Å²) in [6.07, 6.45) is 0.906. The van der Waals surface area contributed by atoms with E-state index in [-0.39, 0.29) is 12.6 Å². The SMILES string of the molecule is CCC(CO)NCc1ccccc1OCc1cccc(C)c1. The van der Waals surface area contributed by atoms with Crippen LogP contribution in [0.4, 0.5) is 0 Å². The van der Waals surface area contributed by atoms with Gasteiger partial charge in [0, 0.05) is 18.2 Å². The summed E-state index contributed by atoms with van der Waals surface area (Å²) in [6.45, 7) is 5.57. The second-order valence-electron chi connectivity index (χ2n) is 5.55. The standard InChI is InChI=1S/C19H25NO2/c1-3-18(13-21)20-12-17-9-4-5-10-19(17)22-14-16-8-6-7-15(2)11-16/h4-11,18,20-21H,3,12-14H2,1-2H3. The molecule has 22 heavy (non-hydrogen) atoms. The molecule has 0 aliphatic rings. The second-order valence-corrected chi connectivity index (χ2v) is 5.55. The lowest BCUT2D eigenvalue weighted by Gasteiger charge is -2.16. The molecule has 118 valence electrons. The third-order valence-corrected chi connectivity index (χ3v) is 3.74. The van der Waals surface area contributed by atoms with Crippen molar-refractivity contribution >= 4 is 0 Å². The average molecular weight is 299 g/mol. The lowest BCUT2D eigenvalue weighted by molar-refractivity contribution is 0.237. The molecule has 2 N–H and O–H groups in total. The first-order chi connectivity index (χ1) is 10.7. The first-order valence-electron chi connectivity index (χ1n) is 7.83. The van der Waals surface area contributed by atoms with E-state index in [4.69, 9.17) is 4.74 Å². The molecule has 2 rings (SSSR count). The number of benzene rings is 2. The summed E-state index contributed by atoms with van der Waals surface area (Å²) in [5.41, 5.74) is 3.52. The molecule has 2 aromatic carbocycles. The fraction of sp³-hybridized carbons (Fsp3) is 0.368. The third kappa shape index (κ3) is 4.86. The van der Waals surface area contributed by atoms with Gasteiger partial charge in [-0.15, -0.1) is 0 Å². The van der Waals surface area contributed by atoms with Gasteiger partial charge in [-0.2, -0.15) is 0 Å². The van der Waals surface area contributed by atoms with Crippen LogP contribution in [0.1, 0.15) is 30.0 Å². The monoisotopic (exact) mass is 299 g/mol. The van der Waals surface area contributed by atoms with Gasteiger partial charge in [0.1, 0.15) is 12.4 Å². The van der Waals surface area contributed by atoms with Crippen LogP contribution in [0.5, 0.6) is 5.75 Å². The van der Waals surface area contributed by atoms with Crippen molar-refractivity contribution in [1.82, 2.24) is 5.32 Å². The number of hydrogen-bond acceptors (Lipinski definition) is 3. The number of para-hydroxylation sites is 1. The van der Waals surface area contributed by atoms with E-state index < -0.39 is 0 Å². The normalized spacial score (nSPS) is 12.1. The molecule has 3 nitrogen and oxygen atoms in total. The molecule has 0 amide bonds. The van der Waals surface area contributed by atoms with E-state index >= 15 is 0 Å². The minimum atomic E-state index is 0.129. The highest BCUT2D eigenvalue weighted by Crippen LogP contribution is 2.19. The molecule has 0 fully saturated rings. The van der Waals surface area contributed by atoms with Crippen molar-refractivity contribution in [3.05, 3.63) is 65.2 Å². The zero-order chi connectivity index (χ0) is 15.8. The summed E-state index contributed by atoms with van der Waals surface area (Å²) in [7, 11) is 0. The highest BCUT2D eigenvalue weighted by molar-refractivity contribution is 5.33. The molecule has 0 spiro atoms. The number of aliphatic hydroxyl groups is 1. The fourth-order valence-electron chi connectivity index (χ4n) is 2.35. The summed E-state index contributed by atoms with van der Waals surface area (Å²) in [4.78, 5) is 0. The quantitative estimate of drug-likeness (QED) is 0.784. The lowest BCUT2D eigenvalue weighted by atomic mass is 10.1. The minimum Gasteiger partial charge on any atom is -0.489 e. The molecule has 0 saturated carbocycles. The van der Waals surface area contributed by atoms with E-state index in [1.807, 2.05) is 18.2 Å². The van der Waals surface area contributed by atoms with Crippen LogP contribution in [0.15, 0.2) is 48.5 Å². The Labute approximate surface area is 133 Å². The van der Waals surface area contributed by atoms with Gasteiger partial charge in [-0.05, 0) is 25.0 Å². The van der Waals surface area contributed by atoms with E-state index in [0.717, 1.165) is 17.7 Å². The maximum Gasteiger partial charge on any atom is 0.124 e. The van der Waals surface area contributed by atoms with Gasteiger partial charge < -0.3 is 15.2 Å². The van der Waals surface area contributed by atoms with Crippen LogP contribution in [0.3, 0.4) is 0 Å². The largest absolute Gasteiger partial charge is 0.489 e. The van der Waals surface area contributed by atoms with E-state index in [0.29, 0.717) is 13.2 Å². The molecule has 0 heterocycles. The maximum atomic E-state index is 9.26. The highest BCUT2D eigenvalue weighted by Gasteiger charge is 2.07. The van der Waals surface area contributed by atoms with Gasteiger partial charge in [0.05, 0.1) is 6.61 Å². The molecule has 0 saturated heterocycles. The Morgan fingerprint density at radius 3 is 2.68 bits per heavy atom. The Kier molecular flexibility index (Phi) is 6.44. The molecule has 0 aliphatic heterocycles. The number of aryl methyl sites for hydroxylation is 1. The van der Waals surface area contributed by atoms with Crippen molar-refractivity contribution in [1.29, 1.82) is 0 Å². The minimum absolute atomic E-state index is 0.129. The zero-order valence-electron chi connectivity index (χ0n) is 13.4. The van der Waals surface area contributed by atoms with Crippen molar-refractivity contribution in [2.45, 2.75) is 39.5 Å². The summed E-state index contributed by atoms with van der Waals surface area (Å²) < 4.78 is 5.98. The Morgan fingerprint density at radius 1 is 1.14 bits per heavy atom. The number of nitrogens with one attached hydrogen (secondary N) is 1. The molecule has 0 aliphatic carbocycles. The van der Waals surface area contributed by atoms with Gasteiger partial charge >= 0.3 is 0 Å². The molecule has 1 unspecified atom stereocenters. The predicted octanol–water partition coefficient (Wildman–Crippen LogP) is 3.43. The van der Waals surface area contributed by atoms with Gasteiger partial charge in [0.15, 0.2) is 0 Å². The third-order valence-electron chi connectivity index (χ3n) is 3.74. The molecule has 3 heteroatoms. The van der Waals surface area contributed by atoms with Gasteiger partial charge in [0.25, 0.3) is 0 Å². The van der Waals surface area contributed by atoms with Gasteiger partial charge in [-0.25, -0.2) is 0 Å². The Balaban J connectivity index is 1.99. The van der Waals surface area contributed by atoms with E-state index in [2.05, 4.69) is 49.5 Å². The number of hydrogen-bond donors (Lipinski definition) is 2. The van der Waals surface area contributed by atoms with Crippen LogP contribution in [0, 0.1) is 6.92 Å². The molecule has 2 aromatic rings.